The van der Waals surface area contributed by atoms with Crippen LogP contribution in [-0.4, -0.2) is 43.6 Å². The number of methoxy groups -OCH3 is 1. The first-order chi connectivity index (χ1) is 9.04. The Morgan fingerprint density at radius 1 is 1.37 bits per heavy atom. The number of ether oxygens (including phenoxy) is 1. The minimum Gasteiger partial charge on any atom is -0.453 e. The second-order valence-electron chi connectivity index (χ2n) is 4.39. The third kappa shape index (κ3) is 4.99. The Bertz CT molecular complexity index is 420. The lowest BCUT2D eigenvalue weighted by Crippen LogP contribution is -2.40. The predicted molar refractivity (Wildman–Crippen MR) is 72.8 cm³/mol. The number of likely N-dealkylation sites (N-methyl/N-ethyl adjacent to an activating group) is 1. The molecule has 0 radical (unpaired) electrons. The molecule has 1 aromatic carbocycles. The summed E-state index contributed by atoms with van der Waals surface area (Å²) in [4.78, 5) is 23.5. The summed E-state index contributed by atoms with van der Waals surface area (Å²) in [5.74, 6) is -0.0552. The number of likely N-dealkylation sites (tertiary alicyclic amines) is 1. The van der Waals surface area contributed by atoms with Gasteiger partial charge in [0.05, 0.1) is 7.11 Å². The fourth-order valence-corrected chi connectivity index (χ4v) is 1.69. The lowest BCUT2D eigenvalue weighted by atomic mass is 10.2. The molecule has 1 fully saturated rings. The van der Waals surface area contributed by atoms with Gasteiger partial charge >= 0.3 is 6.09 Å². The smallest absolute Gasteiger partial charge is 0.407 e. The van der Waals surface area contributed by atoms with Crippen molar-refractivity contribution in [1.82, 2.24) is 10.2 Å². The molecule has 19 heavy (non-hydrogen) atoms. The molecule has 1 heterocycles. The summed E-state index contributed by atoms with van der Waals surface area (Å²) in [5, 5.41) is 2.46. The van der Waals surface area contributed by atoms with Gasteiger partial charge in [-0.05, 0) is 13.3 Å². The lowest BCUT2D eigenvalue weighted by Gasteiger charge is -2.10. The van der Waals surface area contributed by atoms with Crippen molar-refractivity contribution in [3.8, 4) is 0 Å². The van der Waals surface area contributed by atoms with Gasteiger partial charge in [0.2, 0.25) is 5.91 Å². The molecule has 0 aliphatic carbocycles. The number of benzene rings is 1. The Morgan fingerprint density at radius 3 is 2.37 bits per heavy atom. The van der Waals surface area contributed by atoms with Gasteiger partial charge in [0.1, 0.15) is 6.04 Å². The highest BCUT2D eigenvalue weighted by atomic mass is 16.5. The van der Waals surface area contributed by atoms with Crippen molar-refractivity contribution in [2.24, 2.45) is 0 Å². The summed E-state index contributed by atoms with van der Waals surface area (Å²) in [6.45, 7) is 2.77. The molecule has 5 nitrogen and oxygen atoms in total. The molecule has 2 rings (SSSR count). The molecule has 0 aromatic heterocycles. The second-order valence-corrected chi connectivity index (χ2v) is 4.39. The van der Waals surface area contributed by atoms with E-state index in [0.29, 0.717) is 13.0 Å². The minimum absolute atomic E-state index is 0.0552. The SMILES string of the molecule is COC(=O)NC1CCN(C)C1=O.Cc1ccccc1. The van der Waals surface area contributed by atoms with Crippen LogP contribution in [0.3, 0.4) is 0 Å². The summed E-state index contributed by atoms with van der Waals surface area (Å²) in [7, 11) is 2.99. The van der Waals surface area contributed by atoms with Gasteiger partial charge in [0, 0.05) is 13.6 Å². The number of hydrogen-bond acceptors (Lipinski definition) is 3. The minimum atomic E-state index is -0.552. The zero-order valence-corrected chi connectivity index (χ0v) is 11.6. The summed E-state index contributed by atoms with van der Waals surface area (Å²) in [6, 6.07) is 9.86. The van der Waals surface area contributed by atoms with Crippen LogP contribution in [0.25, 0.3) is 0 Å². The van der Waals surface area contributed by atoms with Crippen molar-refractivity contribution >= 4 is 12.0 Å². The van der Waals surface area contributed by atoms with Crippen LogP contribution >= 0.6 is 0 Å². The number of rotatable bonds is 1. The van der Waals surface area contributed by atoms with E-state index in [4.69, 9.17) is 0 Å². The van der Waals surface area contributed by atoms with Crippen LogP contribution in [0.1, 0.15) is 12.0 Å². The van der Waals surface area contributed by atoms with E-state index in [2.05, 4.69) is 29.1 Å². The van der Waals surface area contributed by atoms with Crippen LogP contribution in [0.2, 0.25) is 0 Å². The first kappa shape index (κ1) is 15.0. The number of alkyl carbamates (subject to hydrolysis) is 1. The number of aryl methyl sites for hydroxylation is 1. The number of carbonyl (C=O) groups excluding carboxylic acids is 2. The maximum atomic E-state index is 11.2. The van der Waals surface area contributed by atoms with Crippen LogP contribution in [0, 0.1) is 6.92 Å². The number of hydrogen-bond donors (Lipinski definition) is 1. The van der Waals surface area contributed by atoms with Gasteiger partial charge in [-0.2, -0.15) is 0 Å². The van der Waals surface area contributed by atoms with E-state index < -0.39 is 12.1 Å². The Kier molecular flexibility index (Phi) is 5.85. The van der Waals surface area contributed by atoms with E-state index in [1.165, 1.54) is 12.7 Å². The van der Waals surface area contributed by atoms with E-state index in [1.807, 2.05) is 18.2 Å². The maximum absolute atomic E-state index is 11.2. The van der Waals surface area contributed by atoms with Crippen molar-refractivity contribution in [1.29, 1.82) is 0 Å². The van der Waals surface area contributed by atoms with Crippen LogP contribution in [-0.2, 0) is 9.53 Å². The second kappa shape index (κ2) is 7.41. The van der Waals surface area contributed by atoms with Gasteiger partial charge in [-0.25, -0.2) is 4.79 Å². The normalized spacial score (nSPS) is 17.5. The monoisotopic (exact) mass is 264 g/mol. The van der Waals surface area contributed by atoms with Crippen LogP contribution in [0.5, 0.6) is 0 Å². The highest BCUT2D eigenvalue weighted by molar-refractivity contribution is 5.87. The number of nitrogens with one attached hydrogen (secondary N) is 1. The van der Waals surface area contributed by atoms with Crippen LogP contribution in [0.15, 0.2) is 30.3 Å². The topological polar surface area (TPSA) is 58.6 Å². The fourth-order valence-electron chi connectivity index (χ4n) is 1.69. The van der Waals surface area contributed by atoms with Crippen molar-refractivity contribution in [2.45, 2.75) is 19.4 Å². The molecule has 104 valence electrons. The molecule has 0 saturated carbocycles. The summed E-state index contributed by atoms with van der Waals surface area (Å²) >= 11 is 0. The Balaban J connectivity index is 0.000000218. The lowest BCUT2D eigenvalue weighted by molar-refractivity contribution is -0.128. The first-order valence-electron chi connectivity index (χ1n) is 6.15. The first-order valence-corrected chi connectivity index (χ1v) is 6.15. The van der Waals surface area contributed by atoms with E-state index in [1.54, 1.807) is 11.9 Å². The quantitative estimate of drug-likeness (QED) is 0.837. The largest absolute Gasteiger partial charge is 0.453 e. The molecule has 1 unspecified atom stereocenters. The van der Waals surface area contributed by atoms with Gasteiger partial charge in [0.15, 0.2) is 0 Å². The fraction of sp³-hybridized carbons (Fsp3) is 0.429. The average Bonchev–Trinajstić information content (AvgIpc) is 2.72. The van der Waals surface area contributed by atoms with Crippen molar-refractivity contribution < 1.29 is 14.3 Å². The highest BCUT2D eigenvalue weighted by Crippen LogP contribution is 2.07. The van der Waals surface area contributed by atoms with Gasteiger partial charge in [-0.3, -0.25) is 4.79 Å². The maximum Gasteiger partial charge on any atom is 0.407 e. The molecule has 0 spiro atoms. The molecule has 1 aliphatic rings. The summed E-state index contributed by atoms with van der Waals surface area (Å²) < 4.78 is 4.37. The summed E-state index contributed by atoms with van der Waals surface area (Å²) in [6.07, 6.45) is 0.105. The number of nitrogens with zero attached hydrogens (tertiary/aromatic N) is 1. The van der Waals surface area contributed by atoms with E-state index in [9.17, 15) is 9.59 Å². The molecule has 1 aliphatic heterocycles. The van der Waals surface area contributed by atoms with Gasteiger partial charge < -0.3 is 15.0 Å². The Labute approximate surface area is 113 Å². The van der Waals surface area contributed by atoms with E-state index in [0.717, 1.165) is 0 Å². The molecule has 0 bridgehead atoms. The summed E-state index contributed by atoms with van der Waals surface area (Å²) in [5.41, 5.74) is 1.32. The zero-order valence-electron chi connectivity index (χ0n) is 11.6. The molecule has 1 atom stereocenters. The molecular formula is C14H20N2O3. The van der Waals surface area contributed by atoms with Gasteiger partial charge in [0.25, 0.3) is 0 Å². The third-order valence-electron chi connectivity index (χ3n) is 2.85. The average molecular weight is 264 g/mol. The van der Waals surface area contributed by atoms with E-state index in [-0.39, 0.29) is 5.91 Å². The van der Waals surface area contributed by atoms with Crippen molar-refractivity contribution in [2.75, 3.05) is 20.7 Å². The molecule has 1 saturated heterocycles. The standard InChI is InChI=1S/C7H12N2O3.C7H8/c1-9-4-3-5(6(9)10)8-7(11)12-2;1-7-5-3-2-4-6-7/h5H,3-4H2,1-2H3,(H,8,11);2-6H,1H3. The van der Waals surface area contributed by atoms with Gasteiger partial charge in [-0.1, -0.05) is 35.9 Å². The van der Waals surface area contributed by atoms with Gasteiger partial charge in [-0.15, -0.1) is 0 Å². The molecule has 1 aromatic rings. The van der Waals surface area contributed by atoms with E-state index >= 15 is 0 Å². The highest BCUT2D eigenvalue weighted by Gasteiger charge is 2.30. The zero-order chi connectivity index (χ0) is 14.3. The predicted octanol–water partition coefficient (Wildman–Crippen LogP) is 1.57. The Hall–Kier alpha value is -2.04. The number of amides is 2. The molecule has 1 N–H and O–H groups in total. The van der Waals surface area contributed by atoms with Crippen LogP contribution in [0.4, 0.5) is 4.79 Å². The Morgan fingerprint density at radius 2 is 2.00 bits per heavy atom. The molecule has 2 amide bonds. The third-order valence-corrected chi connectivity index (χ3v) is 2.85. The molecular weight excluding hydrogens is 244 g/mol. The van der Waals surface area contributed by atoms with Crippen molar-refractivity contribution in [3.05, 3.63) is 35.9 Å². The van der Waals surface area contributed by atoms with Crippen molar-refractivity contribution in [3.63, 3.8) is 0 Å². The van der Waals surface area contributed by atoms with Crippen LogP contribution < -0.4 is 5.32 Å². The molecule has 5 heteroatoms. The number of carbonyl (C=O) groups is 2.